The van der Waals surface area contributed by atoms with Crippen molar-refractivity contribution in [3.63, 3.8) is 0 Å². The molecule has 7 nitrogen and oxygen atoms in total. The maximum absolute atomic E-state index is 12.8. The average Bonchev–Trinajstić information content (AvgIpc) is 3.15. The molecule has 1 N–H and O–H groups in total. The highest BCUT2D eigenvalue weighted by atomic mass is 35.5. The summed E-state index contributed by atoms with van der Waals surface area (Å²) >= 11 is 6.09. The topological polar surface area (TPSA) is 90.3 Å². The molecule has 1 aliphatic heterocycles. The number of ether oxygens (including phenoxy) is 1. The molecule has 0 fully saturated rings. The van der Waals surface area contributed by atoms with E-state index in [-0.39, 0.29) is 11.5 Å². The van der Waals surface area contributed by atoms with Gasteiger partial charge in [-0.3, -0.25) is 4.79 Å². The average molecular weight is 432 g/mol. The number of nitrogens with one attached hydrogen (secondary N) is 1. The Balaban J connectivity index is 1.66. The molecule has 3 aromatic rings. The number of amides is 1. The Kier molecular flexibility index (Phi) is 5.06. The normalized spacial score (nSPS) is 15.5. The second kappa shape index (κ2) is 7.53. The van der Waals surface area contributed by atoms with Crippen molar-refractivity contribution in [3.05, 3.63) is 70.9 Å². The summed E-state index contributed by atoms with van der Waals surface area (Å²) in [6.45, 7) is 1.62. The van der Waals surface area contributed by atoms with Gasteiger partial charge in [0.1, 0.15) is 11.6 Å². The number of hydrogen-bond acceptors (Lipinski definition) is 5. The van der Waals surface area contributed by atoms with Crippen molar-refractivity contribution in [1.29, 1.82) is 0 Å². The Morgan fingerprint density at radius 3 is 2.66 bits per heavy atom. The van der Waals surface area contributed by atoms with Gasteiger partial charge in [0.2, 0.25) is 0 Å². The fraction of sp³-hybridized carbons (Fsp3) is 0.200. The van der Waals surface area contributed by atoms with Crippen LogP contribution in [0, 0.1) is 0 Å². The van der Waals surface area contributed by atoms with Crippen molar-refractivity contribution in [2.45, 2.75) is 24.5 Å². The van der Waals surface area contributed by atoms with Gasteiger partial charge in [-0.05, 0) is 37.3 Å². The van der Waals surface area contributed by atoms with Crippen molar-refractivity contribution in [1.82, 2.24) is 9.78 Å². The first-order valence-electron chi connectivity index (χ1n) is 8.92. The Bertz CT molecular complexity index is 1180. The van der Waals surface area contributed by atoms with Crippen LogP contribution in [0.1, 0.15) is 18.2 Å². The number of para-hydroxylation sites is 1. The number of fused-ring (bicyclic) bond motifs is 1. The number of carbonyl (C=O) groups is 1. The number of hydrogen-bond donors (Lipinski definition) is 1. The molecule has 150 valence electrons. The second-order valence-corrected chi connectivity index (χ2v) is 9.26. The van der Waals surface area contributed by atoms with E-state index in [4.69, 9.17) is 16.3 Å². The highest BCUT2D eigenvalue weighted by Gasteiger charge is 2.33. The van der Waals surface area contributed by atoms with Gasteiger partial charge in [-0.1, -0.05) is 35.9 Å². The van der Waals surface area contributed by atoms with Crippen LogP contribution in [0.4, 0.5) is 5.82 Å². The molecule has 4 rings (SSSR count). The number of sulfone groups is 1. The van der Waals surface area contributed by atoms with Gasteiger partial charge in [-0.25, -0.2) is 13.1 Å². The fourth-order valence-electron chi connectivity index (χ4n) is 3.14. The third-order valence-corrected chi connectivity index (χ3v) is 6.18. The number of halogens is 1. The molecule has 29 heavy (non-hydrogen) atoms. The zero-order valence-electron chi connectivity index (χ0n) is 15.5. The first kappa shape index (κ1) is 19.5. The first-order chi connectivity index (χ1) is 13.8. The van der Waals surface area contributed by atoms with E-state index < -0.39 is 21.8 Å². The molecule has 1 aromatic heterocycles. The molecule has 0 saturated heterocycles. The smallest absolute Gasteiger partial charge is 0.266 e. The number of rotatable bonds is 5. The maximum Gasteiger partial charge on any atom is 0.266 e. The molecule has 1 atom stereocenters. The Morgan fingerprint density at radius 1 is 1.17 bits per heavy atom. The standard InChI is InChI=1S/C20H18ClN3O4S/c1-13(28-16-8-3-2-4-9-16)20(25)22-19-17-11-29(26,27)12-18(17)23-24(19)15-7-5-6-14(21)10-15/h2-10,13H,11-12H2,1H3,(H,22,25)/t13-/m1/s1. The van der Waals surface area contributed by atoms with Crippen molar-refractivity contribution in [2.75, 3.05) is 5.32 Å². The van der Waals surface area contributed by atoms with Gasteiger partial charge in [0.15, 0.2) is 15.9 Å². The molecule has 0 bridgehead atoms. The van der Waals surface area contributed by atoms with Crippen LogP contribution in [0.2, 0.25) is 5.02 Å². The molecule has 0 unspecified atom stereocenters. The van der Waals surface area contributed by atoms with E-state index in [0.29, 0.717) is 33.5 Å². The third kappa shape index (κ3) is 4.13. The molecular formula is C20H18ClN3O4S. The number of benzene rings is 2. The van der Waals surface area contributed by atoms with E-state index in [0.717, 1.165) is 0 Å². The minimum absolute atomic E-state index is 0.158. The SMILES string of the molecule is C[C@@H](Oc1ccccc1)C(=O)Nc1c2c(nn1-c1cccc(Cl)c1)CS(=O)(=O)C2. The number of aromatic nitrogens is 2. The van der Waals surface area contributed by atoms with E-state index in [9.17, 15) is 13.2 Å². The van der Waals surface area contributed by atoms with Crippen molar-refractivity contribution in [3.8, 4) is 11.4 Å². The lowest BCUT2D eigenvalue weighted by molar-refractivity contribution is -0.122. The van der Waals surface area contributed by atoms with Gasteiger partial charge < -0.3 is 10.1 Å². The lowest BCUT2D eigenvalue weighted by Crippen LogP contribution is -2.31. The lowest BCUT2D eigenvalue weighted by atomic mass is 10.2. The van der Waals surface area contributed by atoms with Crippen LogP contribution >= 0.6 is 11.6 Å². The monoisotopic (exact) mass is 431 g/mol. The summed E-state index contributed by atoms with van der Waals surface area (Å²) < 4.78 is 31.3. The predicted molar refractivity (Wildman–Crippen MR) is 110 cm³/mol. The highest BCUT2D eigenvalue weighted by molar-refractivity contribution is 7.90. The molecule has 9 heteroatoms. The molecule has 1 aliphatic rings. The molecule has 0 radical (unpaired) electrons. The number of anilines is 1. The number of nitrogens with zero attached hydrogens (tertiary/aromatic N) is 2. The van der Waals surface area contributed by atoms with Gasteiger partial charge in [0.05, 0.1) is 22.9 Å². The predicted octanol–water partition coefficient (Wildman–Crippen LogP) is 3.36. The summed E-state index contributed by atoms with van der Waals surface area (Å²) in [6, 6.07) is 15.9. The summed E-state index contributed by atoms with van der Waals surface area (Å²) in [5, 5.41) is 7.72. The summed E-state index contributed by atoms with van der Waals surface area (Å²) in [7, 11) is -3.28. The molecule has 1 amide bonds. The minimum atomic E-state index is -3.28. The summed E-state index contributed by atoms with van der Waals surface area (Å²) in [4.78, 5) is 12.8. The van der Waals surface area contributed by atoms with E-state index in [1.54, 1.807) is 43.3 Å². The molecular weight excluding hydrogens is 414 g/mol. The van der Waals surface area contributed by atoms with Crippen molar-refractivity contribution >= 4 is 33.2 Å². The summed E-state index contributed by atoms with van der Waals surface area (Å²) in [6.07, 6.45) is -0.797. The van der Waals surface area contributed by atoms with Crippen LogP contribution in [-0.4, -0.2) is 30.2 Å². The summed E-state index contributed by atoms with van der Waals surface area (Å²) in [5.74, 6) is 0.133. The fourth-order valence-corrected chi connectivity index (χ4v) is 4.82. The van der Waals surface area contributed by atoms with Gasteiger partial charge in [-0.2, -0.15) is 5.10 Å². The first-order valence-corrected chi connectivity index (χ1v) is 11.1. The van der Waals surface area contributed by atoms with E-state index in [1.165, 1.54) is 4.68 Å². The van der Waals surface area contributed by atoms with Crippen LogP contribution in [0.15, 0.2) is 54.6 Å². The Hall–Kier alpha value is -2.84. The molecule has 2 aromatic carbocycles. The van der Waals surface area contributed by atoms with E-state index >= 15 is 0 Å². The number of carbonyl (C=O) groups excluding carboxylic acids is 1. The van der Waals surface area contributed by atoms with Crippen molar-refractivity contribution < 1.29 is 17.9 Å². The maximum atomic E-state index is 12.8. The zero-order chi connectivity index (χ0) is 20.6. The molecule has 0 aliphatic carbocycles. The zero-order valence-corrected chi connectivity index (χ0v) is 17.1. The van der Waals surface area contributed by atoms with Gasteiger partial charge in [-0.15, -0.1) is 0 Å². The lowest BCUT2D eigenvalue weighted by Gasteiger charge is -2.16. The molecule has 0 spiro atoms. The van der Waals surface area contributed by atoms with Gasteiger partial charge >= 0.3 is 0 Å². The third-order valence-electron chi connectivity index (χ3n) is 4.51. The largest absolute Gasteiger partial charge is 0.481 e. The Labute approximate surface area is 173 Å². The summed E-state index contributed by atoms with van der Waals surface area (Å²) in [5.41, 5.74) is 1.54. The quantitative estimate of drug-likeness (QED) is 0.669. The van der Waals surface area contributed by atoms with Crippen LogP contribution in [0.3, 0.4) is 0 Å². The highest BCUT2D eigenvalue weighted by Crippen LogP contribution is 2.33. The molecule has 2 heterocycles. The van der Waals surface area contributed by atoms with Crippen LogP contribution < -0.4 is 10.1 Å². The van der Waals surface area contributed by atoms with Crippen LogP contribution in [0.25, 0.3) is 5.69 Å². The molecule has 0 saturated carbocycles. The van der Waals surface area contributed by atoms with Gasteiger partial charge in [0.25, 0.3) is 5.91 Å². The Morgan fingerprint density at radius 2 is 1.93 bits per heavy atom. The van der Waals surface area contributed by atoms with E-state index in [1.807, 2.05) is 18.2 Å². The van der Waals surface area contributed by atoms with Crippen LogP contribution in [0.5, 0.6) is 5.75 Å². The second-order valence-electron chi connectivity index (χ2n) is 6.76. The van der Waals surface area contributed by atoms with Crippen LogP contribution in [-0.2, 0) is 26.1 Å². The van der Waals surface area contributed by atoms with E-state index in [2.05, 4.69) is 10.4 Å². The minimum Gasteiger partial charge on any atom is -0.481 e. The van der Waals surface area contributed by atoms with Gasteiger partial charge in [0, 0.05) is 10.6 Å². The van der Waals surface area contributed by atoms with Crippen molar-refractivity contribution in [2.24, 2.45) is 0 Å².